The molecule has 0 aromatic heterocycles. The molecule has 0 aromatic carbocycles. The van der Waals surface area contributed by atoms with Crippen molar-refractivity contribution in [3.63, 3.8) is 0 Å². The lowest BCUT2D eigenvalue weighted by Gasteiger charge is -2.24. The van der Waals surface area contributed by atoms with Gasteiger partial charge < -0.3 is 10.0 Å². The minimum atomic E-state index is -1.09. The maximum atomic E-state index is 11.8. The summed E-state index contributed by atoms with van der Waals surface area (Å²) in [5, 5.41) is 8.90. The number of carbonyl (C=O) groups excluding carboxylic acids is 2. The van der Waals surface area contributed by atoms with Gasteiger partial charge in [-0.05, 0) is 6.42 Å². The number of carbonyl (C=O) groups is 3. The zero-order valence-electron chi connectivity index (χ0n) is 10.8. The molecule has 1 N–H and O–H groups in total. The van der Waals surface area contributed by atoms with E-state index in [4.69, 9.17) is 5.11 Å². The van der Waals surface area contributed by atoms with E-state index in [-0.39, 0.29) is 41.4 Å². The maximum Gasteiger partial charge on any atom is 0.326 e. The molecule has 1 aliphatic heterocycles. The van der Waals surface area contributed by atoms with Gasteiger partial charge in [0.2, 0.25) is 5.91 Å². The molecule has 108 valence electrons. The SMILES string of the molecule is CC(=O)SC1CC(=O)N([C@@H](CCS(C)=O)C(=O)O)C1. The van der Waals surface area contributed by atoms with Crippen molar-refractivity contribution in [2.24, 2.45) is 0 Å². The highest BCUT2D eigenvalue weighted by Gasteiger charge is 2.38. The fourth-order valence-corrected chi connectivity index (χ4v) is 3.49. The predicted molar refractivity (Wildman–Crippen MR) is 73.4 cm³/mol. The van der Waals surface area contributed by atoms with Crippen LogP contribution in [0.4, 0.5) is 0 Å². The summed E-state index contributed by atoms with van der Waals surface area (Å²) < 4.78 is 11.0. The molecule has 8 heteroatoms. The standard InChI is InChI=1S/C11H17NO5S2/c1-7(13)18-8-5-10(14)12(6-8)9(11(15)16)3-4-19(2)17/h8-9H,3-6H2,1-2H3,(H,15,16)/t8?,9-,19?/m0/s1. The lowest BCUT2D eigenvalue weighted by atomic mass is 10.2. The van der Waals surface area contributed by atoms with E-state index in [1.165, 1.54) is 18.1 Å². The molecular weight excluding hydrogens is 290 g/mol. The van der Waals surface area contributed by atoms with E-state index in [1.807, 2.05) is 0 Å². The Morgan fingerprint density at radius 1 is 1.58 bits per heavy atom. The fourth-order valence-electron chi connectivity index (χ4n) is 2.00. The maximum absolute atomic E-state index is 11.8. The molecular formula is C11H17NO5S2. The average Bonchev–Trinajstić information content (AvgIpc) is 2.58. The smallest absolute Gasteiger partial charge is 0.326 e. The van der Waals surface area contributed by atoms with Gasteiger partial charge in [-0.1, -0.05) is 11.8 Å². The van der Waals surface area contributed by atoms with Crippen molar-refractivity contribution >= 4 is 39.6 Å². The minimum Gasteiger partial charge on any atom is -0.480 e. The van der Waals surface area contributed by atoms with Gasteiger partial charge in [-0.15, -0.1) is 0 Å². The van der Waals surface area contributed by atoms with E-state index in [0.717, 1.165) is 11.8 Å². The summed E-state index contributed by atoms with van der Waals surface area (Å²) >= 11 is 1.07. The summed E-state index contributed by atoms with van der Waals surface area (Å²) in [4.78, 5) is 35.3. The Hall–Kier alpha value is -0.890. The van der Waals surface area contributed by atoms with Gasteiger partial charge >= 0.3 is 5.97 Å². The van der Waals surface area contributed by atoms with Crippen LogP contribution in [0.1, 0.15) is 19.8 Å². The molecule has 2 unspecified atom stereocenters. The first-order valence-corrected chi connectivity index (χ1v) is 8.41. The number of carboxylic acids is 1. The fraction of sp³-hybridized carbons (Fsp3) is 0.727. The van der Waals surface area contributed by atoms with Crippen LogP contribution in [0, 0.1) is 0 Å². The lowest BCUT2D eigenvalue weighted by molar-refractivity contribution is -0.148. The molecule has 1 amide bonds. The molecule has 0 spiro atoms. The first kappa shape index (κ1) is 16.2. The van der Waals surface area contributed by atoms with Crippen LogP contribution in [0.15, 0.2) is 0 Å². The minimum absolute atomic E-state index is 0.0822. The Bertz CT molecular complexity index is 412. The number of aliphatic carboxylic acids is 1. The van der Waals surface area contributed by atoms with E-state index < -0.39 is 22.8 Å². The molecule has 0 aliphatic carbocycles. The second-order valence-corrected chi connectivity index (χ2v) is 7.43. The zero-order valence-corrected chi connectivity index (χ0v) is 12.5. The van der Waals surface area contributed by atoms with Gasteiger partial charge in [-0.2, -0.15) is 0 Å². The van der Waals surface area contributed by atoms with Gasteiger partial charge in [0.1, 0.15) is 6.04 Å². The molecule has 1 aliphatic rings. The third-order valence-corrected chi connectivity index (χ3v) is 4.59. The highest BCUT2D eigenvalue weighted by atomic mass is 32.2. The predicted octanol–water partition coefficient (Wildman–Crippen LogP) is 0.0888. The van der Waals surface area contributed by atoms with Crippen LogP contribution in [0.25, 0.3) is 0 Å². The van der Waals surface area contributed by atoms with E-state index in [9.17, 15) is 18.6 Å². The quantitative estimate of drug-likeness (QED) is 0.747. The number of hydrogen-bond donors (Lipinski definition) is 1. The second-order valence-electron chi connectivity index (χ2n) is 4.40. The molecule has 0 aromatic rings. The van der Waals surface area contributed by atoms with Crippen LogP contribution in [-0.2, 0) is 25.2 Å². The van der Waals surface area contributed by atoms with Crippen molar-refractivity contribution in [1.82, 2.24) is 4.90 Å². The summed E-state index contributed by atoms with van der Waals surface area (Å²) in [6, 6.07) is -0.950. The summed E-state index contributed by atoms with van der Waals surface area (Å²) in [5.41, 5.74) is 0. The molecule has 1 fully saturated rings. The lowest BCUT2D eigenvalue weighted by Crippen LogP contribution is -2.43. The number of thioether (sulfide) groups is 1. The Balaban J connectivity index is 2.69. The monoisotopic (exact) mass is 307 g/mol. The summed E-state index contributed by atoms with van der Waals surface area (Å²) in [6.45, 7) is 1.68. The van der Waals surface area contributed by atoms with Crippen LogP contribution in [0.3, 0.4) is 0 Å². The number of nitrogens with zero attached hydrogens (tertiary/aromatic N) is 1. The highest BCUT2D eigenvalue weighted by Crippen LogP contribution is 2.26. The Labute approximate surface area is 118 Å². The van der Waals surface area contributed by atoms with E-state index in [1.54, 1.807) is 0 Å². The number of rotatable bonds is 6. The molecule has 6 nitrogen and oxygen atoms in total. The van der Waals surface area contributed by atoms with Crippen LogP contribution < -0.4 is 0 Å². The summed E-state index contributed by atoms with van der Waals surface area (Å²) in [7, 11) is -1.09. The van der Waals surface area contributed by atoms with E-state index in [2.05, 4.69) is 0 Å². The Kier molecular flexibility index (Phi) is 5.99. The normalized spacial score (nSPS) is 22.3. The largest absolute Gasteiger partial charge is 0.480 e. The van der Waals surface area contributed by atoms with Crippen LogP contribution >= 0.6 is 11.8 Å². The van der Waals surface area contributed by atoms with Crippen molar-refractivity contribution in [1.29, 1.82) is 0 Å². The van der Waals surface area contributed by atoms with E-state index >= 15 is 0 Å². The van der Waals surface area contributed by atoms with Gasteiger partial charge in [0, 0.05) is 47.9 Å². The van der Waals surface area contributed by atoms with Crippen LogP contribution in [0.2, 0.25) is 0 Å². The van der Waals surface area contributed by atoms with Crippen molar-refractivity contribution < 1.29 is 23.7 Å². The molecule has 0 bridgehead atoms. The summed E-state index contributed by atoms with van der Waals surface area (Å²) in [6.07, 6.45) is 1.85. The first-order valence-electron chi connectivity index (χ1n) is 5.80. The molecule has 0 saturated carbocycles. The first-order chi connectivity index (χ1) is 8.81. The van der Waals surface area contributed by atoms with Gasteiger partial charge in [0.15, 0.2) is 5.12 Å². The number of carboxylic acid groups (broad SMARTS) is 1. The van der Waals surface area contributed by atoms with Crippen molar-refractivity contribution in [2.45, 2.75) is 31.1 Å². The van der Waals surface area contributed by atoms with Crippen molar-refractivity contribution in [3.05, 3.63) is 0 Å². The van der Waals surface area contributed by atoms with Gasteiger partial charge in [0.05, 0.1) is 0 Å². The third-order valence-electron chi connectivity index (χ3n) is 2.80. The molecule has 1 saturated heterocycles. The average molecular weight is 307 g/mol. The van der Waals surface area contributed by atoms with Gasteiger partial charge in [-0.3, -0.25) is 13.8 Å². The number of likely N-dealkylation sites (tertiary alicyclic amines) is 1. The number of hydrogen-bond acceptors (Lipinski definition) is 5. The zero-order chi connectivity index (χ0) is 14.6. The molecule has 3 atom stereocenters. The molecule has 19 heavy (non-hydrogen) atoms. The van der Waals surface area contributed by atoms with Gasteiger partial charge in [-0.25, -0.2) is 4.79 Å². The van der Waals surface area contributed by atoms with Gasteiger partial charge in [0.25, 0.3) is 0 Å². The molecule has 1 rings (SSSR count). The van der Waals surface area contributed by atoms with Crippen molar-refractivity contribution in [2.75, 3.05) is 18.6 Å². The van der Waals surface area contributed by atoms with E-state index in [0.29, 0.717) is 0 Å². The topological polar surface area (TPSA) is 91.8 Å². The summed E-state index contributed by atoms with van der Waals surface area (Å²) in [5.74, 6) is -1.11. The van der Waals surface area contributed by atoms with Crippen molar-refractivity contribution in [3.8, 4) is 0 Å². The van der Waals surface area contributed by atoms with Crippen LogP contribution in [-0.4, -0.2) is 61.1 Å². The third kappa shape index (κ3) is 4.94. The Morgan fingerprint density at radius 2 is 2.21 bits per heavy atom. The van der Waals surface area contributed by atoms with Crippen LogP contribution in [0.5, 0.6) is 0 Å². The molecule has 0 radical (unpaired) electrons. The Morgan fingerprint density at radius 3 is 2.68 bits per heavy atom. The second kappa shape index (κ2) is 7.04. The molecule has 1 heterocycles. The highest BCUT2D eigenvalue weighted by molar-refractivity contribution is 8.14. The number of amides is 1.